The number of hydrogen-bond acceptors (Lipinski definition) is 5. The van der Waals surface area contributed by atoms with Gasteiger partial charge in [-0.15, -0.1) is 0 Å². The highest BCUT2D eigenvalue weighted by Gasteiger charge is 2.26. The van der Waals surface area contributed by atoms with Gasteiger partial charge in [0.2, 0.25) is 0 Å². The Morgan fingerprint density at radius 1 is 1.17 bits per heavy atom. The van der Waals surface area contributed by atoms with E-state index < -0.39 is 0 Å². The second-order valence-corrected chi connectivity index (χ2v) is 7.39. The van der Waals surface area contributed by atoms with E-state index in [-0.39, 0.29) is 11.9 Å². The third-order valence-electron chi connectivity index (χ3n) is 5.23. The van der Waals surface area contributed by atoms with Crippen LogP contribution in [0.4, 0.5) is 16.2 Å². The third kappa shape index (κ3) is 4.21. The average molecular weight is 391 g/mol. The summed E-state index contributed by atoms with van der Waals surface area (Å²) >= 11 is 0. The number of hydrogen-bond donors (Lipinski definition) is 2. The first-order valence-electron chi connectivity index (χ1n) is 9.77. The third-order valence-corrected chi connectivity index (χ3v) is 5.23. The van der Waals surface area contributed by atoms with Crippen LogP contribution in [0, 0.1) is 0 Å². The Bertz CT molecular complexity index is 962. The summed E-state index contributed by atoms with van der Waals surface area (Å²) in [7, 11) is 3.86. The lowest BCUT2D eigenvalue weighted by atomic mass is 9.96. The van der Waals surface area contributed by atoms with E-state index in [0.29, 0.717) is 13.1 Å². The molecule has 0 bridgehead atoms. The van der Waals surface area contributed by atoms with Crippen LogP contribution in [0.1, 0.15) is 24.6 Å². The van der Waals surface area contributed by atoms with Crippen molar-refractivity contribution in [2.75, 3.05) is 37.4 Å². The van der Waals surface area contributed by atoms with Gasteiger partial charge < -0.3 is 15.1 Å². The standard InChI is InChI=1S/C21H25N7O/c1-27(2)18-14-22-11-8-17(18)23-21(29)28-12-9-16(10-13-28)20-24-19(25-26-20)15-6-4-3-5-7-15/h3-8,11,14,16H,9-10,12-13H2,1-2H3,(H,22,23,29)(H,24,25,26). The first-order valence-corrected chi connectivity index (χ1v) is 9.77. The van der Waals surface area contributed by atoms with Crippen LogP contribution in [0.25, 0.3) is 11.4 Å². The molecule has 2 aromatic heterocycles. The maximum absolute atomic E-state index is 12.7. The molecule has 0 unspecified atom stereocenters. The Balaban J connectivity index is 1.36. The van der Waals surface area contributed by atoms with Crippen LogP contribution in [0.3, 0.4) is 0 Å². The summed E-state index contributed by atoms with van der Waals surface area (Å²) < 4.78 is 0. The zero-order chi connectivity index (χ0) is 20.2. The lowest BCUT2D eigenvalue weighted by Gasteiger charge is -2.31. The van der Waals surface area contributed by atoms with Gasteiger partial charge in [0.1, 0.15) is 5.82 Å². The molecule has 1 aromatic carbocycles. The molecule has 0 spiro atoms. The number of urea groups is 1. The lowest BCUT2D eigenvalue weighted by molar-refractivity contribution is 0.193. The van der Waals surface area contributed by atoms with Crippen LogP contribution in [0.15, 0.2) is 48.8 Å². The molecule has 1 fully saturated rings. The molecule has 1 aliphatic rings. The van der Waals surface area contributed by atoms with E-state index in [4.69, 9.17) is 0 Å². The van der Waals surface area contributed by atoms with Gasteiger partial charge >= 0.3 is 6.03 Å². The number of nitrogens with one attached hydrogen (secondary N) is 2. The molecular weight excluding hydrogens is 366 g/mol. The normalized spacial score (nSPS) is 14.6. The van der Waals surface area contributed by atoms with E-state index in [2.05, 4.69) is 25.5 Å². The van der Waals surface area contributed by atoms with E-state index in [9.17, 15) is 4.79 Å². The topological polar surface area (TPSA) is 90.0 Å². The SMILES string of the molecule is CN(C)c1cnccc1NC(=O)N1CCC(c2nc(-c3ccccc3)n[nH]2)CC1. The van der Waals surface area contributed by atoms with Crippen LogP contribution < -0.4 is 10.2 Å². The zero-order valence-electron chi connectivity index (χ0n) is 16.7. The molecule has 3 heterocycles. The maximum Gasteiger partial charge on any atom is 0.321 e. The number of pyridine rings is 1. The van der Waals surface area contributed by atoms with Crippen LogP contribution in [-0.4, -0.2) is 58.3 Å². The highest BCUT2D eigenvalue weighted by atomic mass is 16.2. The first-order chi connectivity index (χ1) is 14.1. The largest absolute Gasteiger partial charge is 0.375 e. The van der Waals surface area contributed by atoms with Gasteiger partial charge in [-0.25, -0.2) is 9.78 Å². The predicted molar refractivity (Wildman–Crippen MR) is 113 cm³/mol. The van der Waals surface area contributed by atoms with Crippen molar-refractivity contribution in [2.45, 2.75) is 18.8 Å². The summed E-state index contributed by atoms with van der Waals surface area (Å²) in [5.74, 6) is 1.89. The summed E-state index contributed by atoms with van der Waals surface area (Å²) in [5.41, 5.74) is 2.64. The number of anilines is 2. The van der Waals surface area contributed by atoms with Crippen molar-refractivity contribution >= 4 is 17.4 Å². The van der Waals surface area contributed by atoms with Crippen LogP contribution >= 0.6 is 0 Å². The number of carbonyl (C=O) groups excluding carboxylic acids is 1. The van der Waals surface area contributed by atoms with Gasteiger partial charge in [-0.05, 0) is 18.9 Å². The van der Waals surface area contributed by atoms with Crippen molar-refractivity contribution in [1.82, 2.24) is 25.1 Å². The monoisotopic (exact) mass is 391 g/mol. The fourth-order valence-electron chi connectivity index (χ4n) is 3.57. The van der Waals surface area contributed by atoms with Crippen molar-refractivity contribution in [1.29, 1.82) is 0 Å². The summed E-state index contributed by atoms with van der Waals surface area (Å²) in [5, 5.41) is 10.5. The van der Waals surface area contributed by atoms with Gasteiger partial charge in [-0.3, -0.25) is 10.1 Å². The number of amides is 2. The number of aromatic amines is 1. The minimum atomic E-state index is -0.0831. The molecule has 0 radical (unpaired) electrons. The Morgan fingerprint density at radius 2 is 1.93 bits per heavy atom. The molecule has 8 heteroatoms. The van der Waals surface area contributed by atoms with E-state index in [1.807, 2.05) is 60.3 Å². The average Bonchev–Trinajstić information content (AvgIpc) is 3.25. The minimum Gasteiger partial charge on any atom is -0.375 e. The number of likely N-dealkylation sites (tertiary alicyclic amines) is 1. The predicted octanol–water partition coefficient (Wildman–Crippen LogP) is 3.34. The lowest BCUT2D eigenvalue weighted by Crippen LogP contribution is -2.40. The molecule has 2 amide bonds. The Morgan fingerprint density at radius 3 is 2.66 bits per heavy atom. The summed E-state index contributed by atoms with van der Waals surface area (Å²) in [6, 6.07) is 11.7. The van der Waals surface area contributed by atoms with Gasteiger partial charge in [0.25, 0.3) is 0 Å². The van der Waals surface area contributed by atoms with Crippen LogP contribution in [0.2, 0.25) is 0 Å². The summed E-state index contributed by atoms with van der Waals surface area (Å²) in [4.78, 5) is 25.3. The molecular formula is C21H25N7O. The molecule has 3 aromatic rings. The van der Waals surface area contributed by atoms with Crippen molar-refractivity contribution in [2.24, 2.45) is 0 Å². The van der Waals surface area contributed by atoms with E-state index in [0.717, 1.165) is 41.4 Å². The highest BCUT2D eigenvalue weighted by molar-refractivity contribution is 5.93. The molecule has 4 rings (SSSR count). The fourth-order valence-corrected chi connectivity index (χ4v) is 3.57. The Labute approximate surface area is 170 Å². The molecule has 0 saturated carbocycles. The second kappa shape index (κ2) is 8.30. The van der Waals surface area contributed by atoms with E-state index in [1.165, 1.54) is 0 Å². The Hall–Kier alpha value is -3.42. The minimum absolute atomic E-state index is 0.0831. The zero-order valence-corrected chi connectivity index (χ0v) is 16.7. The molecule has 1 aliphatic heterocycles. The molecule has 2 N–H and O–H groups in total. The number of H-pyrrole nitrogens is 1. The second-order valence-electron chi connectivity index (χ2n) is 7.39. The van der Waals surface area contributed by atoms with Gasteiger partial charge in [-0.1, -0.05) is 30.3 Å². The number of carbonyl (C=O) groups is 1. The number of nitrogens with zero attached hydrogens (tertiary/aromatic N) is 5. The quantitative estimate of drug-likeness (QED) is 0.712. The van der Waals surface area contributed by atoms with Gasteiger partial charge in [0.15, 0.2) is 5.82 Å². The summed E-state index contributed by atoms with van der Waals surface area (Å²) in [6.45, 7) is 1.36. The van der Waals surface area contributed by atoms with Crippen molar-refractivity contribution < 1.29 is 4.79 Å². The van der Waals surface area contributed by atoms with Crippen molar-refractivity contribution in [3.63, 3.8) is 0 Å². The fraction of sp³-hybridized carbons (Fsp3) is 0.333. The van der Waals surface area contributed by atoms with Gasteiger partial charge in [-0.2, -0.15) is 5.10 Å². The van der Waals surface area contributed by atoms with E-state index in [1.54, 1.807) is 12.4 Å². The number of benzene rings is 1. The van der Waals surface area contributed by atoms with Crippen molar-refractivity contribution in [3.8, 4) is 11.4 Å². The molecule has 0 aliphatic carbocycles. The molecule has 150 valence electrons. The first kappa shape index (κ1) is 18.9. The molecule has 1 saturated heterocycles. The van der Waals surface area contributed by atoms with Gasteiger partial charge in [0, 0.05) is 44.9 Å². The van der Waals surface area contributed by atoms with Crippen LogP contribution in [-0.2, 0) is 0 Å². The Kier molecular flexibility index (Phi) is 5.41. The highest BCUT2D eigenvalue weighted by Crippen LogP contribution is 2.28. The number of aromatic nitrogens is 4. The number of piperidine rings is 1. The smallest absolute Gasteiger partial charge is 0.321 e. The van der Waals surface area contributed by atoms with E-state index >= 15 is 0 Å². The van der Waals surface area contributed by atoms with Gasteiger partial charge in [0.05, 0.1) is 17.6 Å². The summed E-state index contributed by atoms with van der Waals surface area (Å²) in [6.07, 6.45) is 5.14. The number of rotatable bonds is 4. The maximum atomic E-state index is 12.7. The van der Waals surface area contributed by atoms with Crippen LogP contribution in [0.5, 0.6) is 0 Å². The molecule has 29 heavy (non-hydrogen) atoms. The molecule has 0 atom stereocenters. The molecule has 8 nitrogen and oxygen atoms in total. The van der Waals surface area contributed by atoms with Crippen molar-refractivity contribution in [3.05, 3.63) is 54.6 Å².